The summed E-state index contributed by atoms with van der Waals surface area (Å²) in [6, 6.07) is 15.8. The van der Waals surface area contributed by atoms with Crippen LogP contribution in [0, 0.1) is 6.92 Å². The van der Waals surface area contributed by atoms with Crippen molar-refractivity contribution in [2.24, 2.45) is 0 Å². The third kappa shape index (κ3) is 2.72. The van der Waals surface area contributed by atoms with E-state index in [0.29, 0.717) is 16.9 Å². The topological polar surface area (TPSA) is 75.3 Å². The van der Waals surface area contributed by atoms with Crippen molar-refractivity contribution in [2.75, 3.05) is 11.1 Å². The molecule has 0 unspecified atom stereocenters. The number of hydrogen-bond donors (Lipinski definition) is 3. The van der Waals surface area contributed by atoms with Crippen LogP contribution in [0.5, 0.6) is 5.75 Å². The van der Waals surface area contributed by atoms with Gasteiger partial charge in [0.15, 0.2) is 0 Å². The van der Waals surface area contributed by atoms with Gasteiger partial charge in [0.05, 0.1) is 0 Å². The van der Waals surface area contributed by atoms with E-state index < -0.39 is 0 Å². The maximum Gasteiger partial charge on any atom is 0.255 e. The molecule has 3 aromatic rings. The Hall–Kier alpha value is -3.01. The summed E-state index contributed by atoms with van der Waals surface area (Å²) in [6.45, 7) is 1.92. The van der Waals surface area contributed by atoms with E-state index >= 15 is 0 Å². The van der Waals surface area contributed by atoms with E-state index in [1.54, 1.807) is 42.5 Å². The van der Waals surface area contributed by atoms with Gasteiger partial charge in [-0.2, -0.15) is 0 Å². The Morgan fingerprint density at radius 2 is 1.77 bits per heavy atom. The molecule has 0 radical (unpaired) electrons. The third-order valence-corrected chi connectivity index (χ3v) is 3.51. The third-order valence-electron chi connectivity index (χ3n) is 3.51. The van der Waals surface area contributed by atoms with E-state index in [4.69, 9.17) is 5.73 Å². The van der Waals surface area contributed by atoms with Crippen molar-refractivity contribution in [3.05, 3.63) is 65.7 Å². The number of benzene rings is 3. The van der Waals surface area contributed by atoms with E-state index in [0.717, 1.165) is 16.3 Å². The molecule has 3 rings (SSSR count). The molecule has 0 aliphatic rings. The maximum absolute atomic E-state index is 12.2. The molecule has 0 fully saturated rings. The lowest BCUT2D eigenvalue weighted by atomic mass is 10.1. The van der Waals surface area contributed by atoms with Crippen LogP contribution in [0.1, 0.15) is 15.9 Å². The van der Waals surface area contributed by atoms with Gasteiger partial charge in [-0.15, -0.1) is 0 Å². The molecule has 4 heteroatoms. The highest BCUT2D eigenvalue weighted by atomic mass is 16.3. The number of phenolic OH excluding ortho intramolecular Hbond substituents is 1. The molecule has 3 aromatic carbocycles. The number of fused-ring (bicyclic) bond motifs is 1. The van der Waals surface area contributed by atoms with Gasteiger partial charge in [-0.1, -0.05) is 6.07 Å². The molecule has 4 N–H and O–H groups in total. The van der Waals surface area contributed by atoms with E-state index in [1.165, 1.54) is 0 Å². The number of rotatable bonds is 2. The van der Waals surface area contributed by atoms with Crippen LogP contribution in [0.15, 0.2) is 54.6 Å². The van der Waals surface area contributed by atoms with Gasteiger partial charge in [0.2, 0.25) is 0 Å². The zero-order valence-corrected chi connectivity index (χ0v) is 12.1. The van der Waals surface area contributed by atoms with E-state index in [1.807, 2.05) is 19.1 Å². The number of nitrogens with one attached hydrogen (secondary N) is 1. The quantitative estimate of drug-likeness (QED) is 0.630. The Balaban J connectivity index is 1.90. The Bertz CT molecular complexity index is 855. The molecule has 0 heterocycles. The highest BCUT2D eigenvalue weighted by Gasteiger charge is 2.07. The number of aromatic hydroxyl groups is 1. The average Bonchev–Trinajstić information content (AvgIpc) is 2.47. The lowest BCUT2D eigenvalue weighted by Gasteiger charge is -2.08. The lowest BCUT2D eigenvalue weighted by molar-refractivity contribution is 0.102. The van der Waals surface area contributed by atoms with Gasteiger partial charge >= 0.3 is 0 Å². The van der Waals surface area contributed by atoms with Crippen LogP contribution in [0.4, 0.5) is 11.4 Å². The van der Waals surface area contributed by atoms with Crippen LogP contribution >= 0.6 is 0 Å². The Kier molecular flexibility index (Phi) is 3.43. The molecule has 0 atom stereocenters. The summed E-state index contributed by atoms with van der Waals surface area (Å²) in [6.07, 6.45) is 0. The first kappa shape index (κ1) is 13.9. The van der Waals surface area contributed by atoms with Crippen LogP contribution in [-0.2, 0) is 0 Å². The summed E-state index contributed by atoms with van der Waals surface area (Å²) in [5.74, 6) is 0.0441. The molecule has 0 saturated carbocycles. The first-order valence-corrected chi connectivity index (χ1v) is 6.93. The van der Waals surface area contributed by atoms with Gasteiger partial charge in [-0.05, 0) is 66.4 Å². The van der Waals surface area contributed by atoms with Crippen molar-refractivity contribution in [1.82, 2.24) is 0 Å². The number of nitrogens with two attached hydrogens (primary N) is 1. The molecule has 0 aliphatic carbocycles. The standard InChI is InChI=1S/C18H16N2O2/c1-11-8-13-10-15(6-7-16(13)17(21)9-11)20-18(22)12-2-4-14(19)5-3-12/h2-10,21H,19H2,1H3,(H,20,22). The summed E-state index contributed by atoms with van der Waals surface area (Å²) < 4.78 is 0. The van der Waals surface area contributed by atoms with Gasteiger partial charge in [0, 0.05) is 22.3 Å². The molecular weight excluding hydrogens is 276 g/mol. The van der Waals surface area contributed by atoms with Crippen molar-refractivity contribution >= 4 is 28.1 Å². The lowest BCUT2D eigenvalue weighted by Crippen LogP contribution is -2.11. The van der Waals surface area contributed by atoms with E-state index in [-0.39, 0.29) is 11.7 Å². The van der Waals surface area contributed by atoms with Gasteiger partial charge in [-0.3, -0.25) is 4.79 Å². The first-order chi connectivity index (χ1) is 10.5. The van der Waals surface area contributed by atoms with Gasteiger partial charge < -0.3 is 16.2 Å². The van der Waals surface area contributed by atoms with Gasteiger partial charge in [0.1, 0.15) is 5.75 Å². The molecule has 0 aliphatic heterocycles. The van der Waals surface area contributed by atoms with Crippen LogP contribution in [0.3, 0.4) is 0 Å². The first-order valence-electron chi connectivity index (χ1n) is 6.93. The van der Waals surface area contributed by atoms with Crippen LogP contribution in [0.2, 0.25) is 0 Å². The van der Waals surface area contributed by atoms with Crippen LogP contribution < -0.4 is 11.1 Å². The van der Waals surface area contributed by atoms with Crippen molar-refractivity contribution in [3.63, 3.8) is 0 Å². The zero-order valence-electron chi connectivity index (χ0n) is 12.1. The summed E-state index contributed by atoms with van der Waals surface area (Å²) in [5, 5.41) is 14.4. The number of phenols is 1. The average molecular weight is 292 g/mol. The fourth-order valence-corrected chi connectivity index (χ4v) is 2.41. The number of carbonyl (C=O) groups excluding carboxylic acids is 1. The number of amides is 1. The second-order valence-corrected chi connectivity index (χ2v) is 5.30. The molecule has 22 heavy (non-hydrogen) atoms. The molecule has 0 aromatic heterocycles. The minimum absolute atomic E-state index is 0.198. The molecule has 1 amide bonds. The normalized spacial score (nSPS) is 10.6. The zero-order chi connectivity index (χ0) is 15.7. The number of aryl methyl sites for hydroxylation is 1. The molecule has 110 valence electrons. The fraction of sp³-hybridized carbons (Fsp3) is 0.0556. The minimum atomic E-state index is -0.198. The van der Waals surface area contributed by atoms with Crippen molar-refractivity contribution in [3.8, 4) is 5.75 Å². The Morgan fingerprint density at radius 3 is 2.50 bits per heavy atom. The fourth-order valence-electron chi connectivity index (χ4n) is 2.41. The van der Waals surface area contributed by atoms with E-state index in [2.05, 4.69) is 5.32 Å². The Morgan fingerprint density at radius 1 is 1.05 bits per heavy atom. The second kappa shape index (κ2) is 5.41. The number of hydrogen-bond acceptors (Lipinski definition) is 3. The van der Waals surface area contributed by atoms with Crippen LogP contribution in [-0.4, -0.2) is 11.0 Å². The maximum atomic E-state index is 12.2. The van der Waals surface area contributed by atoms with Crippen molar-refractivity contribution < 1.29 is 9.90 Å². The van der Waals surface area contributed by atoms with Crippen molar-refractivity contribution in [1.29, 1.82) is 0 Å². The summed E-state index contributed by atoms with van der Waals surface area (Å²) in [4.78, 5) is 12.2. The molecule has 4 nitrogen and oxygen atoms in total. The minimum Gasteiger partial charge on any atom is -0.507 e. The molecular formula is C18H16N2O2. The predicted octanol–water partition coefficient (Wildman–Crippen LogP) is 3.69. The highest BCUT2D eigenvalue weighted by molar-refractivity contribution is 6.05. The monoisotopic (exact) mass is 292 g/mol. The molecule has 0 saturated heterocycles. The summed E-state index contributed by atoms with van der Waals surface area (Å²) in [7, 11) is 0. The predicted molar refractivity (Wildman–Crippen MR) is 89.2 cm³/mol. The summed E-state index contributed by atoms with van der Waals surface area (Å²) >= 11 is 0. The number of anilines is 2. The van der Waals surface area contributed by atoms with Crippen molar-refractivity contribution in [2.45, 2.75) is 6.92 Å². The second-order valence-electron chi connectivity index (χ2n) is 5.30. The Labute approximate surface area is 128 Å². The summed E-state index contributed by atoms with van der Waals surface area (Å²) in [5.41, 5.74) is 8.42. The highest BCUT2D eigenvalue weighted by Crippen LogP contribution is 2.28. The van der Waals surface area contributed by atoms with Gasteiger partial charge in [0.25, 0.3) is 5.91 Å². The molecule has 0 spiro atoms. The SMILES string of the molecule is Cc1cc(O)c2ccc(NC(=O)c3ccc(N)cc3)cc2c1. The molecule has 0 bridgehead atoms. The van der Waals surface area contributed by atoms with E-state index in [9.17, 15) is 9.90 Å². The number of carbonyl (C=O) groups is 1. The largest absolute Gasteiger partial charge is 0.507 e. The van der Waals surface area contributed by atoms with Gasteiger partial charge in [-0.25, -0.2) is 0 Å². The number of nitrogen functional groups attached to an aromatic ring is 1. The van der Waals surface area contributed by atoms with Crippen LogP contribution in [0.25, 0.3) is 10.8 Å². The smallest absolute Gasteiger partial charge is 0.255 e.